The molecule has 1 aromatic carbocycles. The van der Waals surface area contributed by atoms with Gasteiger partial charge in [-0.2, -0.15) is 0 Å². The van der Waals surface area contributed by atoms with Crippen molar-refractivity contribution < 1.29 is 19.1 Å². The SMILES string of the molecule is CC(=O)N(CCC(=O)Nc1ccc2c(c1)OCCO2)C1CCCCCC1. The van der Waals surface area contributed by atoms with Gasteiger partial charge in [0, 0.05) is 37.7 Å². The van der Waals surface area contributed by atoms with Crippen molar-refractivity contribution in [2.75, 3.05) is 25.1 Å². The third kappa shape index (κ3) is 4.90. The van der Waals surface area contributed by atoms with Crippen LogP contribution in [0.3, 0.4) is 0 Å². The van der Waals surface area contributed by atoms with E-state index in [1.165, 1.54) is 12.8 Å². The number of benzene rings is 1. The van der Waals surface area contributed by atoms with E-state index in [-0.39, 0.29) is 17.9 Å². The molecule has 26 heavy (non-hydrogen) atoms. The summed E-state index contributed by atoms with van der Waals surface area (Å²) < 4.78 is 11.0. The zero-order valence-corrected chi connectivity index (χ0v) is 15.5. The molecule has 0 atom stereocenters. The first kappa shape index (κ1) is 18.5. The van der Waals surface area contributed by atoms with E-state index < -0.39 is 0 Å². The van der Waals surface area contributed by atoms with Crippen LogP contribution in [-0.2, 0) is 9.59 Å². The molecule has 0 spiro atoms. The Bertz CT molecular complexity index is 639. The van der Waals surface area contributed by atoms with Gasteiger partial charge >= 0.3 is 0 Å². The number of rotatable bonds is 5. The number of carbonyl (C=O) groups is 2. The fourth-order valence-electron chi connectivity index (χ4n) is 3.73. The van der Waals surface area contributed by atoms with Crippen LogP contribution in [0.25, 0.3) is 0 Å². The summed E-state index contributed by atoms with van der Waals surface area (Å²) in [6.07, 6.45) is 7.20. The summed E-state index contributed by atoms with van der Waals surface area (Å²) >= 11 is 0. The molecule has 1 fully saturated rings. The van der Waals surface area contributed by atoms with Gasteiger partial charge in [-0.3, -0.25) is 9.59 Å². The maximum atomic E-state index is 12.3. The fourth-order valence-corrected chi connectivity index (χ4v) is 3.73. The first-order chi connectivity index (χ1) is 12.6. The number of anilines is 1. The number of carbonyl (C=O) groups excluding carboxylic acids is 2. The third-order valence-electron chi connectivity index (χ3n) is 5.08. The maximum Gasteiger partial charge on any atom is 0.226 e. The first-order valence-corrected chi connectivity index (χ1v) is 9.60. The molecule has 142 valence electrons. The molecule has 1 heterocycles. The smallest absolute Gasteiger partial charge is 0.226 e. The van der Waals surface area contributed by atoms with E-state index in [1.54, 1.807) is 25.1 Å². The molecule has 1 aliphatic carbocycles. The van der Waals surface area contributed by atoms with Crippen LogP contribution < -0.4 is 14.8 Å². The van der Waals surface area contributed by atoms with E-state index in [2.05, 4.69) is 5.32 Å². The van der Waals surface area contributed by atoms with Crippen LogP contribution in [0.5, 0.6) is 11.5 Å². The lowest BCUT2D eigenvalue weighted by Gasteiger charge is -2.30. The van der Waals surface area contributed by atoms with E-state index in [0.29, 0.717) is 43.4 Å². The van der Waals surface area contributed by atoms with Crippen LogP contribution in [0, 0.1) is 0 Å². The highest BCUT2D eigenvalue weighted by Crippen LogP contribution is 2.32. The largest absolute Gasteiger partial charge is 0.486 e. The highest BCUT2D eigenvalue weighted by atomic mass is 16.6. The van der Waals surface area contributed by atoms with Crippen molar-refractivity contribution in [3.63, 3.8) is 0 Å². The Balaban J connectivity index is 1.54. The van der Waals surface area contributed by atoms with Crippen LogP contribution in [0.1, 0.15) is 51.9 Å². The first-order valence-electron chi connectivity index (χ1n) is 9.60. The average Bonchev–Trinajstić information content (AvgIpc) is 2.91. The van der Waals surface area contributed by atoms with Crippen LogP contribution in [0.15, 0.2) is 18.2 Å². The number of nitrogens with one attached hydrogen (secondary N) is 1. The van der Waals surface area contributed by atoms with Gasteiger partial charge in [0.25, 0.3) is 0 Å². The summed E-state index contributed by atoms with van der Waals surface area (Å²) in [4.78, 5) is 26.3. The Labute approximate surface area is 154 Å². The van der Waals surface area contributed by atoms with Gasteiger partial charge in [0.15, 0.2) is 11.5 Å². The molecule has 0 radical (unpaired) electrons. The lowest BCUT2D eigenvalue weighted by Crippen LogP contribution is -2.40. The Morgan fingerprint density at radius 3 is 2.46 bits per heavy atom. The molecule has 0 saturated heterocycles. The van der Waals surface area contributed by atoms with Crippen molar-refractivity contribution in [2.45, 2.75) is 57.9 Å². The molecular formula is C20H28N2O4. The van der Waals surface area contributed by atoms with Gasteiger partial charge in [-0.15, -0.1) is 0 Å². The monoisotopic (exact) mass is 360 g/mol. The molecule has 1 N–H and O–H groups in total. The Morgan fingerprint density at radius 1 is 1.08 bits per heavy atom. The van der Waals surface area contributed by atoms with Gasteiger partial charge < -0.3 is 19.7 Å². The number of amides is 2. The van der Waals surface area contributed by atoms with Crippen molar-refractivity contribution in [1.82, 2.24) is 4.90 Å². The standard InChI is InChI=1S/C20H28N2O4/c1-15(23)22(17-6-4-2-3-5-7-17)11-10-20(24)21-16-8-9-18-19(14-16)26-13-12-25-18/h8-9,14,17H,2-7,10-13H2,1H3,(H,21,24). The molecule has 1 aliphatic heterocycles. The minimum Gasteiger partial charge on any atom is -0.486 e. The molecule has 2 aliphatic rings. The number of ether oxygens (including phenoxy) is 2. The fraction of sp³-hybridized carbons (Fsp3) is 0.600. The molecule has 6 nitrogen and oxygen atoms in total. The number of hydrogen-bond donors (Lipinski definition) is 1. The van der Waals surface area contributed by atoms with Gasteiger partial charge in [0.1, 0.15) is 13.2 Å². The van der Waals surface area contributed by atoms with Gasteiger partial charge in [-0.25, -0.2) is 0 Å². The molecule has 1 aromatic rings. The van der Waals surface area contributed by atoms with Crippen molar-refractivity contribution in [2.24, 2.45) is 0 Å². The summed E-state index contributed by atoms with van der Waals surface area (Å²) in [6, 6.07) is 5.66. The van der Waals surface area contributed by atoms with Crippen LogP contribution in [0.2, 0.25) is 0 Å². The normalized spacial score (nSPS) is 17.3. The minimum atomic E-state index is -0.0958. The Hall–Kier alpha value is -2.24. The van der Waals surface area contributed by atoms with Crippen LogP contribution in [0.4, 0.5) is 5.69 Å². The number of fused-ring (bicyclic) bond motifs is 1. The molecule has 1 saturated carbocycles. The Morgan fingerprint density at radius 2 is 1.77 bits per heavy atom. The van der Waals surface area contributed by atoms with E-state index in [9.17, 15) is 9.59 Å². The summed E-state index contributed by atoms with van der Waals surface area (Å²) in [6.45, 7) is 3.13. The number of hydrogen-bond acceptors (Lipinski definition) is 4. The molecule has 3 rings (SSSR count). The van der Waals surface area contributed by atoms with Crippen molar-refractivity contribution in [3.05, 3.63) is 18.2 Å². The second kappa shape index (κ2) is 8.92. The molecule has 2 amide bonds. The van der Waals surface area contributed by atoms with Crippen molar-refractivity contribution in [3.8, 4) is 11.5 Å². The summed E-state index contributed by atoms with van der Waals surface area (Å²) in [5.74, 6) is 1.31. The summed E-state index contributed by atoms with van der Waals surface area (Å²) in [5.41, 5.74) is 0.683. The maximum absolute atomic E-state index is 12.3. The quantitative estimate of drug-likeness (QED) is 0.818. The lowest BCUT2D eigenvalue weighted by molar-refractivity contribution is -0.131. The highest BCUT2D eigenvalue weighted by molar-refractivity contribution is 5.91. The number of nitrogens with zero attached hydrogens (tertiary/aromatic N) is 1. The summed E-state index contributed by atoms with van der Waals surface area (Å²) in [7, 11) is 0. The lowest BCUT2D eigenvalue weighted by atomic mass is 10.1. The zero-order valence-electron chi connectivity index (χ0n) is 15.5. The summed E-state index contributed by atoms with van der Waals surface area (Å²) in [5, 5.41) is 2.89. The van der Waals surface area contributed by atoms with Gasteiger partial charge in [0.2, 0.25) is 11.8 Å². The van der Waals surface area contributed by atoms with Crippen LogP contribution >= 0.6 is 0 Å². The van der Waals surface area contributed by atoms with E-state index >= 15 is 0 Å². The minimum absolute atomic E-state index is 0.0593. The second-order valence-corrected chi connectivity index (χ2v) is 7.01. The van der Waals surface area contributed by atoms with Gasteiger partial charge in [0.05, 0.1) is 0 Å². The molecule has 0 aromatic heterocycles. The van der Waals surface area contributed by atoms with E-state index in [4.69, 9.17) is 9.47 Å². The zero-order chi connectivity index (χ0) is 18.4. The van der Waals surface area contributed by atoms with Crippen molar-refractivity contribution in [1.29, 1.82) is 0 Å². The van der Waals surface area contributed by atoms with Crippen molar-refractivity contribution >= 4 is 17.5 Å². The third-order valence-corrected chi connectivity index (χ3v) is 5.08. The predicted molar refractivity (Wildman–Crippen MR) is 99.6 cm³/mol. The molecular weight excluding hydrogens is 332 g/mol. The topological polar surface area (TPSA) is 67.9 Å². The predicted octanol–water partition coefficient (Wildman–Crippen LogP) is 3.36. The van der Waals surface area contributed by atoms with E-state index in [1.807, 2.05) is 4.90 Å². The van der Waals surface area contributed by atoms with Crippen LogP contribution in [-0.4, -0.2) is 42.5 Å². The average molecular weight is 360 g/mol. The molecule has 6 heteroatoms. The van der Waals surface area contributed by atoms with E-state index in [0.717, 1.165) is 25.7 Å². The highest BCUT2D eigenvalue weighted by Gasteiger charge is 2.23. The van der Waals surface area contributed by atoms with Gasteiger partial charge in [-0.1, -0.05) is 25.7 Å². The molecule has 0 bridgehead atoms. The van der Waals surface area contributed by atoms with Gasteiger partial charge in [-0.05, 0) is 25.0 Å². The molecule has 0 unspecified atom stereocenters. The Kier molecular flexibility index (Phi) is 6.36. The second-order valence-electron chi connectivity index (χ2n) is 7.01.